The highest BCUT2D eigenvalue weighted by atomic mass is 19.3. The van der Waals surface area contributed by atoms with Crippen molar-refractivity contribution in [2.24, 2.45) is 0 Å². The van der Waals surface area contributed by atoms with Gasteiger partial charge in [-0.2, -0.15) is 8.78 Å². The molecule has 0 spiro atoms. The number of aryl methyl sites for hydroxylation is 1. The van der Waals surface area contributed by atoms with Gasteiger partial charge in [0.05, 0.1) is 23.6 Å². The van der Waals surface area contributed by atoms with Crippen LogP contribution >= 0.6 is 0 Å². The van der Waals surface area contributed by atoms with Gasteiger partial charge in [-0.05, 0) is 42.3 Å². The van der Waals surface area contributed by atoms with E-state index >= 15 is 0 Å². The average molecular weight is 416 g/mol. The van der Waals surface area contributed by atoms with E-state index in [0.717, 1.165) is 18.7 Å². The number of fused-ring (bicyclic) bond motifs is 2. The van der Waals surface area contributed by atoms with Crippen LogP contribution in [0.4, 0.5) is 8.78 Å². The molecule has 3 aromatic rings. The van der Waals surface area contributed by atoms with Gasteiger partial charge in [0.15, 0.2) is 11.5 Å². The molecular formula is C21H18F2N2O5. The smallest absolute Gasteiger partial charge is 0.387 e. The van der Waals surface area contributed by atoms with E-state index in [-0.39, 0.29) is 29.2 Å². The lowest BCUT2D eigenvalue weighted by atomic mass is 10.1. The van der Waals surface area contributed by atoms with Gasteiger partial charge in [0.2, 0.25) is 0 Å². The summed E-state index contributed by atoms with van der Waals surface area (Å²) in [4.78, 5) is 29.5. The fraction of sp³-hybridized carbons (Fsp3) is 0.286. The maximum Gasteiger partial charge on any atom is 0.387 e. The van der Waals surface area contributed by atoms with Gasteiger partial charge in [0.1, 0.15) is 12.4 Å². The van der Waals surface area contributed by atoms with Gasteiger partial charge in [-0.3, -0.25) is 9.36 Å². The normalized spacial score (nSPS) is 12.8. The van der Waals surface area contributed by atoms with Crippen molar-refractivity contribution in [1.29, 1.82) is 0 Å². The van der Waals surface area contributed by atoms with E-state index in [1.165, 1.54) is 31.4 Å². The molecule has 7 nitrogen and oxygen atoms in total. The first-order chi connectivity index (χ1) is 14.5. The lowest BCUT2D eigenvalue weighted by Crippen LogP contribution is -2.21. The monoisotopic (exact) mass is 416 g/mol. The second-order valence-electron chi connectivity index (χ2n) is 6.76. The maximum atomic E-state index is 12.5. The molecule has 0 bridgehead atoms. The minimum absolute atomic E-state index is 0.0948. The first-order valence-corrected chi connectivity index (χ1v) is 9.28. The van der Waals surface area contributed by atoms with Gasteiger partial charge in [-0.25, -0.2) is 9.78 Å². The zero-order chi connectivity index (χ0) is 21.3. The van der Waals surface area contributed by atoms with Crippen molar-refractivity contribution in [2.45, 2.75) is 32.6 Å². The molecule has 0 N–H and O–H groups in total. The fourth-order valence-electron chi connectivity index (χ4n) is 3.44. The molecule has 1 aliphatic heterocycles. The predicted octanol–water partition coefficient (Wildman–Crippen LogP) is 3.31. The molecular weight excluding hydrogens is 398 g/mol. The number of carbonyl (C=O) groups is 1. The third kappa shape index (κ3) is 3.83. The third-order valence-corrected chi connectivity index (χ3v) is 4.87. The summed E-state index contributed by atoms with van der Waals surface area (Å²) in [7, 11) is 1.32. The number of esters is 1. The Balaban J connectivity index is 1.51. The number of rotatable bonds is 6. The molecule has 4 rings (SSSR count). The number of aromatic nitrogens is 2. The Kier molecular flexibility index (Phi) is 5.35. The molecule has 9 heteroatoms. The number of methoxy groups -OCH3 is 1. The van der Waals surface area contributed by atoms with Gasteiger partial charge >= 0.3 is 12.6 Å². The van der Waals surface area contributed by atoms with E-state index in [9.17, 15) is 18.4 Å². The molecule has 0 radical (unpaired) electrons. The summed E-state index contributed by atoms with van der Waals surface area (Å²) in [6, 6.07) is 8.92. The van der Waals surface area contributed by atoms with Gasteiger partial charge in [-0.1, -0.05) is 6.07 Å². The minimum Gasteiger partial charge on any atom is -0.493 e. The van der Waals surface area contributed by atoms with Crippen molar-refractivity contribution in [2.75, 3.05) is 7.11 Å². The highest BCUT2D eigenvalue weighted by Gasteiger charge is 2.18. The third-order valence-electron chi connectivity index (χ3n) is 4.87. The van der Waals surface area contributed by atoms with Crippen molar-refractivity contribution in [1.82, 2.24) is 9.55 Å². The molecule has 156 valence electrons. The van der Waals surface area contributed by atoms with Gasteiger partial charge < -0.3 is 14.2 Å². The SMILES string of the molecule is COc1cc(COC(=O)c2ccc3c(=O)n4c(nc3c2)CCC4)ccc1OC(F)F. The molecule has 0 saturated heterocycles. The van der Waals surface area contributed by atoms with Crippen molar-refractivity contribution < 1.29 is 27.8 Å². The van der Waals surface area contributed by atoms with Crippen LogP contribution in [0.15, 0.2) is 41.2 Å². The summed E-state index contributed by atoms with van der Waals surface area (Å²) in [5, 5.41) is 0.455. The summed E-state index contributed by atoms with van der Waals surface area (Å²) in [6.07, 6.45) is 1.60. The Morgan fingerprint density at radius 1 is 1.20 bits per heavy atom. The van der Waals surface area contributed by atoms with E-state index in [0.29, 0.717) is 23.0 Å². The number of hydrogen-bond donors (Lipinski definition) is 0. The van der Waals surface area contributed by atoms with E-state index in [2.05, 4.69) is 9.72 Å². The van der Waals surface area contributed by atoms with E-state index in [1.54, 1.807) is 16.7 Å². The van der Waals surface area contributed by atoms with E-state index < -0.39 is 12.6 Å². The summed E-state index contributed by atoms with van der Waals surface area (Å²) in [5.74, 6) is 0.123. The standard InChI is InChI=1S/C21H18F2N2O5/c1-28-17-9-12(4-7-16(17)30-21(22)23)11-29-20(27)13-5-6-14-15(10-13)24-18-3-2-8-25(18)19(14)26/h4-7,9-10,21H,2-3,8,11H2,1H3. The summed E-state index contributed by atoms with van der Waals surface area (Å²) < 4.78 is 41.2. The first kappa shape index (κ1) is 19.8. The Bertz CT molecular complexity index is 1180. The van der Waals surface area contributed by atoms with Crippen LogP contribution in [0.5, 0.6) is 11.5 Å². The van der Waals surface area contributed by atoms with Crippen LogP contribution in [0.3, 0.4) is 0 Å². The van der Waals surface area contributed by atoms with E-state index in [1.807, 2.05) is 0 Å². The molecule has 0 saturated carbocycles. The van der Waals surface area contributed by atoms with Crippen LogP contribution in [0.1, 0.15) is 28.2 Å². The minimum atomic E-state index is -2.97. The van der Waals surface area contributed by atoms with Crippen molar-refractivity contribution in [3.8, 4) is 11.5 Å². The molecule has 1 aliphatic rings. The zero-order valence-corrected chi connectivity index (χ0v) is 16.1. The Labute approximate surface area is 169 Å². The molecule has 2 aromatic carbocycles. The van der Waals surface area contributed by atoms with Crippen LogP contribution in [0, 0.1) is 0 Å². The number of benzene rings is 2. The molecule has 2 heterocycles. The molecule has 0 fully saturated rings. The lowest BCUT2D eigenvalue weighted by molar-refractivity contribution is -0.0512. The second-order valence-corrected chi connectivity index (χ2v) is 6.76. The number of hydrogen-bond acceptors (Lipinski definition) is 6. The molecule has 0 aliphatic carbocycles. The summed E-state index contributed by atoms with van der Waals surface area (Å²) in [5.41, 5.74) is 1.15. The Morgan fingerprint density at radius 2 is 2.03 bits per heavy atom. The molecule has 0 atom stereocenters. The highest BCUT2D eigenvalue weighted by Crippen LogP contribution is 2.29. The number of halogens is 2. The van der Waals surface area contributed by atoms with Gasteiger partial charge in [-0.15, -0.1) is 0 Å². The Hall–Kier alpha value is -3.49. The second kappa shape index (κ2) is 8.10. The van der Waals surface area contributed by atoms with Crippen molar-refractivity contribution in [3.63, 3.8) is 0 Å². The van der Waals surface area contributed by atoms with Crippen LogP contribution in [-0.4, -0.2) is 29.2 Å². The quantitative estimate of drug-likeness (QED) is 0.574. The molecule has 0 amide bonds. The predicted molar refractivity (Wildman–Crippen MR) is 103 cm³/mol. The maximum absolute atomic E-state index is 12.5. The van der Waals surface area contributed by atoms with Crippen LogP contribution in [0.2, 0.25) is 0 Å². The largest absolute Gasteiger partial charge is 0.493 e. The number of carbonyl (C=O) groups excluding carboxylic acids is 1. The van der Waals surface area contributed by atoms with Gasteiger partial charge in [0, 0.05) is 13.0 Å². The van der Waals surface area contributed by atoms with Crippen molar-refractivity contribution in [3.05, 3.63) is 63.7 Å². The number of nitrogens with zero attached hydrogens (tertiary/aromatic N) is 2. The average Bonchev–Trinajstić information content (AvgIpc) is 3.21. The fourth-order valence-corrected chi connectivity index (χ4v) is 3.44. The summed E-state index contributed by atoms with van der Waals surface area (Å²) in [6.45, 7) is -2.41. The van der Waals surface area contributed by atoms with Crippen molar-refractivity contribution >= 4 is 16.9 Å². The van der Waals surface area contributed by atoms with E-state index in [4.69, 9.17) is 9.47 Å². The Morgan fingerprint density at radius 3 is 2.80 bits per heavy atom. The van der Waals surface area contributed by atoms with Crippen LogP contribution in [-0.2, 0) is 24.3 Å². The van der Waals surface area contributed by atoms with Gasteiger partial charge in [0.25, 0.3) is 5.56 Å². The molecule has 30 heavy (non-hydrogen) atoms. The number of alkyl halides is 2. The number of ether oxygens (including phenoxy) is 3. The first-order valence-electron chi connectivity index (χ1n) is 9.28. The molecule has 1 aromatic heterocycles. The zero-order valence-electron chi connectivity index (χ0n) is 16.1. The molecule has 0 unspecified atom stereocenters. The lowest BCUT2D eigenvalue weighted by Gasteiger charge is -2.12. The highest BCUT2D eigenvalue weighted by molar-refractivity contribution is 5.94. The van der Waals surface area contributed by atoms with Crippen LogP contribution < -0.4 is 15.0 Å². The van der Waals surface area contributed by atoms with Crippen LogP contribution in [0.25, 0.3) is 10.9 Å². The topological polar surface area (TPSA) is 79.7 Å². The summed E-state index contributed by atoms with van der Waals surface area (Å²) >= 11 is 0.